The van der Waals surface area contributed by atoms with Gasteiger partial charge >= 0.3 is 5.97 Å². The van der Waals surface area contributed by atoms with Crippen LogP contribution in [0.4, 0.5) is 0 Å². The average Bonchev–Trinajstić information content (AvgIpc) is 2.35. The zero-order chi connectivity index (χ0) is 14.0. The summed E-state index contributed by atoms with van der Waals surface area (Å²) in [6, 6.07) is 6.44. The molecule has 0 heterocycles. The lowest BCUT2D eigenvalue weighted by Crippen LogP contribution is -2.10. The summed E-state index contributed by atoms with van der Waals surface area (Å²) in [6.45, 7) is 1.26. The van der Waals surface area contributed by atoms with Crippen LogP contribution >= 0.6 is 0 Å². The number of aliphatic hydroxyl groups is 2. The molecule has 3 rings (SSSR count). The molecule has 2 N–H and O–H groups in total. The number of esters is 1. The predicted molar refractivity (Wildman–Crippen MR) is 68.0 cm³/mol. The minimum Gasteiger partial charge on any atom is -0.507 e. The maximum Gasteiger partial charge on any atom is 0.318 e. The average molecular weight is 260 g/mol. The molecule has 0 fully saturated rings. The van der Waals surface area contributed by atoms with Crippen LogP contribution < -0.4 is 0 Å². The van der Waals surface area contributed by atoms with Gasteiger partial charge in [-0.25, -0.2) is 0 Å². The van der Waals surface area contributed by atoms with E-state index in [1.54, 1.807) is 24.3 Å². The van der Waals surface area contributed by atoms with Crippen molar-refractivity contribution in [3.63, 3.8) is 0 Å². The van der Waals surface area contributed by atoms with Crippen molar-refractivity contribution in [3.8, 4) is 0 Å². The van der Waals surface area contributed by atoms with Gasteiger partial charge in [0.1, 0.15) is 18.0 Å². The molecular formula is C14H12O5. The van der Waals surface area contributed by atoms with Gasteiger partial charge in [0.25, 0.3) is 0 Å². The quantitative estimate of drug-likeness (QED) is 0.643. The Kier molecular flexibility index (Phi) is 3.37. The van der Waals surface area contributed by atoms with Gasteiger partial charge in [-0.15, -0.1) is 0 Å². The summed E-state index contributed by atoms with van der Waals surface area (Å²) < 4.78 is 4.90. The van der Waals surface area contributed by atoms with Crippen LogP contribution in [0.15, 0.2) is 36.1 Å². The van der Waals surface area contributed by atoms with Gasteiger partial charge in [-0.2, -0.15) is 0 Å². The van der Waals surface area contributed by atoms with Crippen molar-refractivity contribution in [2.24, 2.45) is 0 Å². The number of Topliss-reactive ketones (excluding diaryl/α,β-unsaturated/α-hetero) is 1. The summed E-state index contributed by atoms with van der Waals surface area (Å²) in [5, 5.41) is 19.8. The van der Waals surface area contributed by atoms with Crippen molar-refractivity contribution >= 4 is 23.3 Å². The molecule has 5 nitrogen and oxygen atoms in total. The Morgan fingerprint density at radius 3 is 2.26 bits per heavy atom. The lowest BCUT2D eigenvalue weighted by atomic mass is 10.0. The van der Waals surface area contributed by atoms with Crippen molar-refractivity contribution in [2.75, 3.05) is 0 Å². The third-order valence-electron chi connectivity index (χ3n) is 2.57. The van der Waals surface area contributed by atoms with Crippen LogP contribution in [-0.4, -0.2) is 22.0 Å². The van der Waals surface area contributed by atoms with E-state index in [9.17, 15) is 19.8 Å². The van der Waals surface area contributed by atoms with Crippen LogP contribution in [0.25, 0.3) is 11.5 Å². The van der Waals surface area contributed by atoms with Gasteiger partial charge in [0.15, 0.2) is 11.5 Å². The number of carbonyl (C=O) groups is 2. The van der Waals surface area contributed by atoms with Crippen molar-refractivity contribution < 1.29 is 24.5 Å². The molecule has 0 saturated carbocycles. The molecule has 0 aromatic heterocycles. The highest BCUT2D eigenvalue weighted by molar-refractivity contribution is 5.95. The molecule has 0 aliphatic heterocycles. The van der Waals surface area contributed by atoms with Gasteiger partial charge in [-0.1, -0.05) is 24.3 Å². The number of rotatable bonds is 3. The molecule has 0 atom stereocenters. The summed E-state index contributed by atoms with van der Waals surface area (Å²) in [5.74, 6) is -1.70. The van der Waals surface area contributed by atoms with E-state index in [1.165, 1.54) is 6.92 Å². The largest absolute Gasteiger partial charge is 0.507 e. The van der Waals surface area contributed by atoms with Gasteiger partial charge in [-0.3, -0.25) is 9.59 Å². The molecule has 2 aliphatic rings. The SMILES string of the molecule is CC(=O)CC(=O)OC1=C(O)c2ccc(cc2)C(O)=C1. The number of hydrogen-bond acceptors (Lipinski definition) is 5. The second-order valence-corrected chi connectivity index (χ2v) is 4.17. The molecule has 0 spiro atoms. The first-order chi connectivity index (χ1) is 8.97. The number of hydrogen-bond donors (Lipinski definition) is 2. The summed E-state index contributed by atoms with van der Waals surface area (Å²) in [7, 11) is 0. The van der Waals surface area contributed by atoms with Crippen LogP contribution in [0, 0.1) is 0 Å². The highest BCUT2D eigenvalue weighted by Crippen LogP contribution is 2.26. The molecule has 0 unspecified atom stereocenters. The minimum absolute atomic E-state index is 0.136. The number of benzene rings is 1. The van der Waals surface area contributed by atoms with Gasteiger partial charge in [0, 0.05) is 17.2 Å². The predicted octanol–water partition coefficient (Wildman–Crippen LogP) is 2.35. The normalized spacial score (nSPS) is 13.6. The molecule has 1 aromatic carbocycles. The van der Waals surface area contributed by atoms with E-state index in [1.807, 2.05) is 0 Å². The summed E-state index contributed by atoms with van der Waals surface area (Å²) in [5.41, 5.74) is 0.995. The molecule has 2 aliphatic carbocycles. The van der Waals surface area contributed by atoms with E-state index in [0.29, 0.717) is 11.1 Å². The Hall–Kier alpha value is -2.56. The first kappa shape index (κ1) is 12.9. The molecule has 0 saturated heterocycles. The van der Waals surface area contributed by atoms with Crippen molar-refractivity contribution in [1.29, 1.82) is 0 Å². The third-order valence-corrected chi connectivity index (χ3v) is 2.57. The van der Waals surface area contributed by atoms with Gasteiger partial charge in [0.2, 0.25) is 0 Å². The van der Waals surface area contributed by atoms with Crippen molar-refractivity contribution in [1.82, 2.24) is 0 Å². The van der Waals surface area contributed by atoms with Crippen molar-refractivity contribution in [3.05, 3.63) is 47.2 Å². The number of ether oxygens (including phenoxy) is 1. The van der Waals surface area contributed by atoms with Crippen LogP contribution in [-0.2, 0) is 14.3 Å². The lowest BCUT2D eigenvalue weighted by Gasteiger charge is -2.12. The van der Waals surface area contributed by atoms with Gasteiger partial charge in [0.05, 0.1) is 0 Å². The zero-order valence-corrected chi connectivity index (χ0v) is 10.2. The summed E-state index contributed by atoms with van der Waals surface area (Å²) in [6.07, 6.45) is 0.763. The summed E-state index contributed by atoms with van der Waals surface area (Å²) >= 11 is 0. The van der Waals surface area contributed by atoms with E-state index in [4.69, 9.17) is 4.74 Å². The Morgan fingerprint density at radius 1 is 1.11 bits per heavy atom. The minimum atomic E-state index is -0.784. The smallest absolute Gasteiger partial charge is 0.318 e. The molecule has 1 aromatic rings. The number of aliphatic hydroxyl groups excluding tert-OH is 2. The number of allylic oxidation sites excluding steroid dienone is 1. The third kappa shape index (κ3) is 2.82. The molecule has 2 bridgehead atoms. The maximum atomic E-state index is 11.4. The van der Waals surface area contributed by atoms with Crippen LogP contribution in [0.3, 0.4) is 0 Å². The van der Waals surface area contributed by atoms with E-state index in [2.05, 4.69) is 0 Å². The first-order valence-electron chi connectivity index (χ1n) is 5.62. The van der Waals surface area contributed by atoms with E-state index >= 15 is 0 Å². The lowest BCUT2D eigenvalue weighted by molar-refractivity contribution is -0.141. The fourth-order valence-corrected chi connectivity index (χ4v) is 1.66. The van der Waals surface area contributed by atoms with Crippen LogP contribution in [0.1, 0.15) is 24.5 Å². The highest BCUT2D eigenvalue weighted by Gasteiger charge is 2.17. The topological polar surface area (TPSA) is 83.8 Å². The molecular weight excluding hydrogens is 248 g/mol. The Morgan fingerprint density at radius 2 is 1.68 bits per heavy atom. The summed E-state index contributed by atoms with van der Waals surface area (Å²) in [4.78, 5) is 22.2. The zero-order valence-electron chi connectivity index (χ0n) is 10.2. The Balaban J connectivity index is 2.34. The fraction of sp³-hybridized carbons (Fsp3) is 0.143. The highest BCUT2D eigenvalue weighted by atomic mass is 16.5. The molecule has 5 heteroatoms. The molecule has 0 amide bonds. The molecule has 19 heavy (non-hydrogen) atoms. The van der Waals surface area contributed by atoms with E-state index < -0.39 is 5.97 Å². The van der Waals surface area contributed by atoms with Gasteiger partial charge < -0.3 is 14.9 Å². The number of carbonyl (C=O) groups excluding carboxylic acids is 2. The van der Waals surface area contributed by atoms with Crippen molar-refractivity contribution in [2.45, 2.75) is 13.3 Å². The van der Waals surface area contributed by atoms with Gasteiger partial charge in [-0.05, 0) is 6.92 Å². The second kappa shape index (κ2) is 4.97. The standard InChI is InChI=1S/C14H12O5/c1-8(15)6-13(17)19-12-7-11(16)9-2-4-10(5-3-9)14(12)18/h2-5,7,16,18H,6H2,1H3. The Labute approximate surface area is 109 Å². The number of fused-ring (bicyclic) bond motifs is 3. The molecule has 0 radical (unpaired) electrons. The van der Waals surface area contributed by atoms with E-state index in [0.717, 1.165) is 6.08 Å². The van der Waals surface area contributed by atoms with Crippen LogP contribution in [0.2, 0.25) is 0 Å². The maximum absolute atomic E-state index is 11.4. The van der Waals surface area contributed by atoms with Crippen LogP contribution in [0.5, 0.6) is 0 Å². The number of ketones is 1. The fourth-order valence-electron chi connectivity index (χ4n) is 1.66. The monoisotopic (exact) mass is 260 g/mol. The molecule has 98 valence electrons. The second-order valence-electron chi connectivity index (χ2n) is 4.17. The Bertz CT molecular complexity index is 593. The first-order valence-corrected chi connectivity index (χ1v) is 5.62. The van der Waals surface area contributed by atoms with E-state index in [-0.39, 0.29) is 29.5 Å².